The van der Waals surface area contributed by atoms with Gasteiger partial charge in [0.05, 0.1) is 22.0 Å². The number of hydrogen-bond donors (Lipinski definition) is 1. The first-order valence-corrected chi connectivity index (χ1v) is 11.4. The summed E-state index contributed by atoms with van der Waals surface area (Å²) in [6.45, 7) is 2.36. The van der Waals surface area contributed by atoms with E-state index in [1.807, 2.05) is 37.3 Å². The zero-order valence-electron chi connectivity index (χ0n) is 17.2. The van der Waals surface area contributed by atoms with Crippen LogP contribution in [0.4, 0.5) is 10.2 Å². The van der Waals surface area contributed by atoms with Crippen LogP contribution in [0.15, 0.2) is 77.7 Å². The van der Waals surface area contributed by atoms with Gasteiger partial charge in [-0.05, 0) is 48.9 Å². The molecule has 0 radical (unpaired) electrons. The number of aromatic nitrogens is 2. The Hall–Kier alpha value is -3.83. The van der Waals surface area contributed by atoms with Crippen molar-refractivity contribution in [3.8, 4) is 6.07 Å². The lowest BCUT2D eigenvalue weighted by Gasteiger charge is -2.16. The lowest BCUT2D eigenvalue weighted by molar-refractivity contribution is 0.589. The summed E-state index contributed by atoms with van der Waals surface area (Å²) in [5.74, 6) is -0.357. The molecule has 160 valence electrons. The maximum absolute atomic E-state index is 13.3. The summed E-state index contributed by atoms with van der Waals surface area (Å²) < 4.78 is 39.8. The molecule has 0 aliphatic carbocycles. The Bertz CT molecular complexity index is 1410. The summed E-state index contributed by atoms with van der Waals surface area (Å²) in [7, 11) is -4.17. The number of benzene rings is 3. The van der Waals surface area contributed by atoms with E-state index in [-0.39, 0.29) is 16.4 Å². The predicted octanol–water partition coefficient (Wildman–Crippen LogP) is 4.73. The first-order valence-electron chi connectivity index (χ1n) is 9.83. The van der Waals surface area contributed by atoms with Gasteiger partial charge in [0.25, 0.3) is 0 Å². The Morgan fingerprint density at radius 2 is 1.59 bits per heavy atom. The minimum Gasteiger partial charge on any atom is -0.364 e. The molecule has 1 atom stereocenters. The molecule has 6 nitrogen and oxygen atoms in total. The summed E-state index contributed by atoms with van der Waals surface area (Å²) in [5.41, 5.74) is 3.13. The quantitative estimate of drug-likeness (QED) is 0.430. The molecule has 0 fully saturated rings. The van der Waals surface area contributed by atoms with E-state index in [0.717, 1.165) is 35.4 Å². The highest BCUT2D eigenvalue weighted by molar-refractivity contribution is 7.92. The molecule has 1 N–H and O–H groups in total. The van der Waals surface area contributed by atoms with Crippen LogP contribution in [0, 0.1) is 24.1 Å². The van der Waals surface area contributed by atoms with Crippen LogP contribution in [0.1, 0.15) is 22.1 Å². The van der Waals surface area contributed by atoms with Crippen molar-refractivity contribution in [2.45, 2.75) is 23.6 Å². The lowest BCUT2D eigenvalue weighted by atomic mass is 10.1. The van der Waals surface area contributed by atoms with Crippen molar-refractivity contribution in [2.75, 3.05) is 5.32 Å². The number of halogens is 1. The largest absolute Gasteiger partial charge is 0.364 e. The molecule has 0 aliphatic rings. The third-order valence-corrected chi connectivity index (χ3v) is 6.87. The normalized spacial score (nSPS) is 12.3. The number of hydrogen-bond acceptors (Lipinski definition) is 6. The van der Waals surface area contributed by atoms with Crippen molar-refractivity contribution < 1.29 is 12.8 Å². The van der Waals surface area contributed by atoms with E-state index < -0.39 is 20.9 Å². The Balaban J connectivity index is 1.79. The average Bonchev–Trinajstić information content (AvgIpc) is 2.79. The highest BCUT2D eigenvalue weighted by Crippen LogP contribution is 2.32. The summed E-state index contributed by atoms with van der Waals surface area (Å²) in [5, 5.41) is 11.4. The van der Waals surface area contributed by atoms with Crippen LogP contribution in [0.5, 0.6) is 0 Å². The van der Waals surface area contributed by atoms with Crippen LogP contribution >= 0.6 is 0 Å². The molecule has 0 saturated carbocycles. The molecule has 0 amide bonds. The van der Waals surface area contributed by atoms with E-state index in [4.69, 9.17) is 0 Å². The first kappa shape index (κ1) is 21.4. The van der Waals surface area contributed by atoms with Gasteiger partial charge in [0.2, 0.25) is 9.84 Å². The first-order chi connectivity index (χ1) is 15.4. The highest BCUT2D eigenvalue weighted by Gasteiger charge is 2.33. The maximum atomic E-state index is 13.3. The molecule has 1 aromatic heterocycles. The number of nitrogens with zero attached hydrogens (tertiary/aromatic N) is 3. The third kappa shape index (κ3) is 4.29. The van der Waals surface area contributed by atoms with Gasteiger partial charge in [0, 0.05) is 6.54 Å². The zero-order valence-corrected chi connectivity index (χ0v) is 18.0. The fourth-order valence-electron chi connectivity index (χ4n) is 3.26. The van der Waals surface area contributed by atoms with Gasteiger partial charge >= 0.3 is 0 Å². The van der Waals surface area contributed by atoms with Crippen LogP contribution in [0.2, 0.25) is 0 Å². The number of fused-ring (bicyclic) bond motifs is 1. The second kappa shape index (κ2) is 8.73. The summed E-state index contributed by atoms with van der Waals surface area (Å²) in [4.78, 5) is 8.87. The smallest absolute Gasteiger partial charge is 0.200 e. The zero-order chi connectivity index (χ0) is 22.7. The monoisotopic (exact) mass is 446 g/mol. The molecule has 0 saturated heterocycles. The van der Waals surface area contributed by atoms with Gasteiger partial charge in [-0.15, -0.1) is 0 Å². The molecule has 0 unspecified atom stereocenters. The Morgan fingerprint density at radius 1 is 0.969 bits per heavy atom. The van der Waals surface area contributed by atoms with Crippen LogP contribution in [0.25, 0.3) is 11.0 Å². The molecule has 4 rings (SSSR count). The van der Waals surface area contributed by atoms with E-state index in [2.05, 4.69) is 15.3 Å². The predicted molar refractivity (Wildman–Crippen MR) is 120 cm³/mol. The van der Waals surface area contributed by atoms with Crippen molar-refractivity contribution in [3.63, 3.8) is 0 Å². The van der Waals surface area contributed by atoms with E-state index in [0.29, 0.717) is 17.6 Å². The van der Waals surface area contributed by atoms with E-state index in [9.17, 15) is 18.1 Å². The molecule has 3 aromatic carbocycles. The van der Waals surface area contributed by atoms with E-state index in [1.165, 1.54) is 0 Å². The molecule has 0 aliphatic heterocycles. The number of nitriles is 1. The lowest BCUT2D eigenvalue weighted by Crippen LogP contribution is -2.17. The van der Waals surface area contributed by atoms with Crippen molar-refractivity contribution in [3.05, 3.63) is 95.4 Å². The fourth-order valence-corrected chi connectivity index (χ4v) is 4.64. The van der Waals surface area contributed by atoms with Crippen molar-refractivity contribution in [2.24, 2.45) is 0 Å². The minimum absolute atomic E-state index is 0.00244. The Morgan fingerprint density at radius 3 is 2.22 bits per heavy atom. The van der Waals surface area contributed by atoms with Gasteiger partial charge in [-0.25, -0.2) is 22.8 Å². The number of anilines is 1. The molecule has 32 heavy (non-hydrogen) atoms. The number of nitrogens with one attached hydrogen (secondary N) is 1. The van der Waals surface area contributed by atoms with Crippen molar-refractivity contribution >= 4 is 26.7 Å². The van der Waals surface area contributed by atoms with Crippen LogP contribution in [0.3, 0.4) is 0 Å². The average molecular weight is 447 g/mol. The molecule has 0 spiro atoms. The summed E-state index contributed by atoms with van der Waals surface area (Å²) in [6.07, 6.45) is 0. The van der Waals surface area contributed by atoms with Gasteiger partial charge in [0.1, 0.15) is 11.5 Å². The van der Waals surface area contributed by atoms with Gasteiger partial charge in [0.15, 0.2) is 11.1 Å². The molecule has 1 heterocycles. The Labute approximate surface area is 185 Å². The standard InChI is InChI=1S/C24H19FN4O2S/c1-16-6-8-17(9-7-16)15-27-24-23(28-20-4-2-3-5-21(20)29-24)22(14-26)32(30,31)19-12-10-18(25)11-13-19/h2-13,22H,15H2,1H3,(H,27,29)/t22-/m1/s1. The number of rotatable bonds is 6. The van der Waals surface area contributed by atoms with Gasteiger partial charge in [-0.3, -0.25) is 0 Å². The molecular formula is C24H19FN4O2S. The second-order valence-corrected chi connectivity index (χ2v) is 9.33. The molecule has 0 bridgehead atoms. The molecule has 4 aromatic rings. The molecule has 8 heteroatoms. The topological polar surface area (TPSA) is 95.7 Å². The van der Waals surface area contributed by atoms with Gasteiger partial charge in [-0.1, -0.05) is 42.0 Å². The van der Waals surface area contributed by atoms with Gasteiger partial charge < -0.3 is 5.32 Å². The number of sulfone groups is 1. The summed E-state index contributed by atoms with van der Waals surface area (Å²) in [6, 6.07) is 21.1. The third-order valence-electron chi connectivity index (χ3n) is 5.00. The maximum Gasteiger partial charge on any atom is 0.200 e. The second-order valence-electron chi connectivity index (χ2n) is 7.29. The van der Waals surface area contributed by atoms with E-state index in [1.54, 1.807) is 24.3 Å². The number of aryl methyl sites for hydroxylation is 1. The van der Waals surface area contributed by atoms with Crippen LogP contribution in [-0.4, -0.2) is 18.4 Å². The van der Waals surface area contributed by atoms with Crippen molar-refractivity contribution in [1.29, 1.82) is 5.26 Å². The fraction of sp³-hybridized carbons (Fsp3) is 0.125. The van der Waals surface area contributed by atoms with Crippen molar-refractivity contribution in [1.82, 2.24) is 9.97 Å². The SMILES string of the molecule is Cc1ccc(CNc2nc3ccccc3nc2[C@@H](C#N)S(=O)(=O)c2ccc(F)cc2)cc1. The van der Waals surface area contributed by atoms with E-state index >= 15 is 0 Å². The highest BCUT2D eigenvalue weighted by atomic mass is 32.2. The summed E-state index contributed by atoms with van der Waals surface area (Å²) >= 11 is 0. The molecular weight excluding hydrogens is 427 g/mol. The van der Waals surface area contributed by atoms with Crippen LogP contribution in [-0.2, 0) is 16.4 Å². The number of para-hydroxylation sites is 2. The van der Waals surface area contributed by atoms with Crippen LogP contribution < -0.4 is 5.32 Å². The minimum atomic E-state index is -4.17. The Kier molecular flexibility index (Phi) is 5.84. The van der Waals surface area contributed by atoms with Gasteiger partial charge in [-0.2, -0.15) is 5.26 Å².